The Labute approximate surface area is 109 Å². The first kappa shape index (κ1) is 11.9. The maximum Gasteiger partial charge on any atom is 0.255 e. The zero-order valence-electron chi connectivity index (χ0n) is 8.83. The van der Waals surface area contributed by atoms with Crippen molar-refractivity contribution in [2.75, 3.05) is 13.1 Å². The van der Waals surface area contributed by atoms with Crippen LogP contribution in [0, 0.1) is 0 Å². The SMILES string of the molecule is O=C(c1ccccc1Cl)N1CCCC(Br)C1. The van der Waals surface area contributed by atoms with Crippen LogP contribution in [0.1, 0.15) is 23.2 Å². The lowest BCUT2D eigenvalue weighted by Crippen LogP contribution is -2.40. The van der Waals surface area contributed by atoms with Gasteiger partial charge in [-0.15, -0.1) is 0 Å². The molecule has 0 saturated carbocycles. The zero-order chi connectivity index (χ0) is 11.5. The summed E-state index contributed by atoms with van der Waals surface area (Å²) in [5.74, 6) is 0.0368. The number of nitrogens with zero attached hydrogens (tertiary/aromatic N) is 1. The third kappa shape index (κ3) is 2.58. The molecule has 1 saturated heterocycles. The van der Waals surface area contributed by atoms with E-state index in [0.29, 0.717) is 15.4 Å². The highest BCUT2D eigenvalue weighted by molar-refractivity contribution is 9.09. The molecule has 1 atom stereocenters. The van der Waals surface area contributed by atoms with Crippen LogP contribution in [-0.4, -0.2) is 28.7 Å². The summed E-state index contributed by atoms with van der Waals surface area (Å²) >= 11 is 9.58. The van der Waals surface area contributed by atoms with Gasteiger partial charge in [0.15, 0.2) is 0 Å². The first-order valence-corrected chi connectivity index (χ1v) is 6.65. The highest BCUT2D eigenvalue weighted by Gasteiger charge is 2.23. The molecule has 0 N–H and O–H groups in total. The standard InChI is InChI=1S/C12H13BrClNO/c13-9-4-3-7-15(8-9)12(16)10-5-1-2-6-11(10)14/h1-2,5-6,9H,3-4,7-8H2. The second kappa shape index (κ2) is 5.19. The van der Waals surface area contributed by atoms with Gasteiger partial charge in [-0.3, -0.25) is 4.79 Å². The Hall–Kier alpha value is -0.540. The van der Waals surface area contributed by atoms with Gasteiger partial charge in [-0.25, -0.2) is 0 Å². The fourth-order valence-electron chi connectivity index (χ4n) is 1.91. The van der Waals surface area contributed by atoms with Crippen molar-refractivity contribution in [1.29, 1.82) is 0 Å². The van der Waals surface area contributed by atoms with Crippen LogP contribution < -0.4 is 0 Å². The number of alkyl halides is 1. The lowest BCUT2D eigenvalue weighted by Gasteiger charge is -2.30. The molecule has 1 heterocycles. The van der Waals surface area contributed by atoms with Crippen molar-refractivity contribution in [3.05, 3.63) is 34.9 Å². The molecule has 16 heavy (non-hydrogen) atoms. The monoisotopic (exact) mass is 301 g/mol. The quantitative estimate of drug-likeness (QED) is 0.729. The summed E-state index contributed by atoms with van der Waals surface area (Å²) in [6, 6.07) is 7.21. The number of carbonyl (C=O) groups is 1. The Balaban J connectivity index is 2.16. The summed E-state index contributed by atoms with van der Waals surface area (Å²) in [6.07, 6.45) is 2.18. The van der Waals surface area contributed by atoms with Gasteiger partial charge in [0.25, 0.3) is 5.91 Å². The van der Waals surface area contributed by atoms with E-state index in [4.69, 9.17) is 11.6 Å². The smallest absolute Gasteiger partial charge is 0.255 e. The number of halogens is 2. The molecule has 1 aromatic carbocycles. The van der Waals surface area contributed by atoms with Gasteiger partial charge < -0.3 is 4.90 Å². The van der Waals surface area contributed by atoms with Crippen molar-refractivity contribution in [3.63, 3.8) is 0 Å². The average Bonchev–Trinajstić information content (AvgIpc) is 2.29. The van der Waals surface area contributed by atoms with Gasteiger partial charge in [-0.05, 0) is 25.0 Å². The van der Waals surface area contributed by atoms with Gasteiger partial charge in [0.1, 0.15) is 0 Å². The van der Waals surface area contributed by atoms with Crippen LogP contribution in [0.2, 0.25) is 5.02 Å². The van der Waals surface area contributed by atoms with E-state index in [0.717, 1.165) is 25.9 Å². The van der Waals surface area contributed by atoms with Gasteiger partial charge in [-0.2, -0.15) is 0 Å². The first-order valence-electron chi connectivity index (χ1n) is 5.36. The fourth-order valence-corrected chi connectivity index (χ4v) is 2.80. The predicted molar refractivity (Wildman–Crippen MR) is 69.3 cm³/mol. The molecule has 1 amide bonds. The van der Waals surface area contributed by atoms with Crippen LogP contribution in [0.3, 0.4) is 0 Å². The molecule has 1 unspecified atom stereocenters. The van der Waals surface area contributed by atoms with Crippen LogP contribution in [0.5, 0.6) is 0 Å². The first-order chi connectivity index (χ1) is 7.68. The lowest BCUT2D eigenvalue weighted by molar-refractivity contribution is 0.0730. The maximum absolute atomic E-state index is 12.2. The van der Waals surface area contributed by atoms with E-state index in [1.54, 1.807) is 12.1 Å². The van der Waals surface area contributed by atoms with Crippen molar-refractivity contribution in [2.24, 2.45) is 0 Å². The Morgan fingerprint density at radius 3 is 2.88 bits per heavy atom. The Morgan fingerprint density at radius 2 is 2.19 bits per heavy atom. The second-order valence-electron chi connectivity index (χ2n) is 3.97. The van der Waals surface area contributed by atoms with Crippen LogP contribution in [-0.2, 0) is 0 Å². The van der Waals surface area contributed by atoms with Gasteiger partial charge in [0, 0.05) is 17.9 Å². The molecule has 1 aromatic rings. The number of benzene rings is 1. The van der Waals surface area contributed by atoms with E-state index in [9.17, 15) is 4.79 Å². The maximum atomic E-state index is 12.2. The third-order valence-corrected chi connectivity index (χ3v) is 3.83. The Kier molecular flexibility index (Phi) is 3.87. The number of hydrogen-bond donors (Lipinski definition) is 0. The molecule has 86 valence electrons. The average molecular weight is 303 g/mol. The van der Waals surface area contributed by atoms with E-state index in [2.05, 4.69) is 15.9 Å². The normalized spacial score (nSPS) is 20.9. The molecule has 2 nitrogen and oxygen atoms in total. The number of piperidine rings is 1. The molecular weight excluding hydrogens is 289 g/mol. The van der Waals surface area contributed by atoms with Crippen molar-refractivity contribution in [2.45, 2.75) is 17.7 Å². The topological polar surface area (TPSA) is 20.3 Å². The minimum absolute atomic E-state index is 0.0368. The van der Waals surface area contributed by atoms with Gasteiger partial charge >= 0.3 is 0 Å². The van der Waals surface area contributed by atoms with Crippen LogP contribution in [0.4, 0.5) is 0 Å². The molecule has 4 heteroatoms. The van der Waals surface area contributed by atoms with Crippen LogP contribution in [0.25, 0.3) is 0 Å². The molecule has 0 radical (unpaired) electrons. The molecule has 2 rings (SSSR count). The molecule has 0 aliphatic carbocycles. The minimum Gasteiger partial charge on any atom is -0.337 e. The number of amides is 1. The van der Waals surface area contributed by atoms with Crippen LogP contribution in [0.15, 0.2) is 24.3 Å². The summed E-state index contributed by atoms with van der Waals surface area (Å²) < 4.78 is 0. The molecule has 0 spiro atoms. The number of likely N-dealkylation sites (tertiary alicyclic amines) is 1. The number of rotatable bonds is 1. The van der Waals surface area contributed by atoms with Crippen molar-refractivity contribution in [1.82, 2.24) is 4.90 Å². The van der Waals surface area contributed by atoms with E-state index >= 15 is 0 Å². The minimum atomic E-state index is 0.0368. The summed E-state index contributed by atoms with van der Waals surface area (Å²) in [5, 5.41) is 0.532. The van der Waals surface area contributed by atoms with Crippen molar-refractivity contribution >= 4 is 33.4 Å². The molecule has 0 aromatic heterocycles. The zero-order valence-corrected chi connectivity index (χ0v) is 11.2. The van der Waals surface area contributed by atoms with Gasteiger partial charge in [-0.1, -0.05) is 39.7 Å². The Morgan fingerprint density at radius 1 is 1.44 bits per heavy atom. The molecule has 1 aliphatic heterocycles. The second-order valence-corrected chi connectivity index (χ2v) is 5.67. The molecule has 1 fully saturated rings. The highest BCUT2D eigenvalue weighted by atomic mass is 79.9. The van der Waals surface area contributed by atoms with E-state index < -0.39 is 0 Å². The predicted octanol–water partition coefficient (Wildman–Crippen LogP) is 3.34. The largest absolute Gasteiger partial charge is 0.337 e. The summed E-state index contributed by atoms with van der Waals surface area (Å²) in [5.41, 5.74) is 0.603. The highest BCUT2D eigenvalue weighted by Crippen LogP contribution is 2.22. The third-order valence-electron chi connectivity index (χ3n) is 2.76. The Bertz CT molecular complexity index is 396. The van der Waals surface area contributed by atoms with Crippen molar-refractivity contribution in [3.8, 4) is 0 Å². The summed E-state index contributed by atoms with van der Waals surface area (Å²) in [4.78, 5) is 14.5. The van der Waals surface area contributed by atoms with E-state index in [-0.39, 0.29) is 5.91 Å². The van der Waals surface area contributed by atoms with Gasteiger partial charge in [0.2, 0.25) is 0 Å². The van der Waals surface area contributed by atoms with Crippen molar-refractivity contribution < 1.29 is 4.79 Å². The lowest BCUT2D eigenvalue weighted by atomic mass is 10.1. The molecular formula is C12H13BrClNO. The van der Waals surface area contributed by atoms with E-state index in [1.807, 2.05) is 17.0 Å². The molecule has 0 bridgehead atoms. The summed E-state index contributed by atoms with van der Waals surface area (Å²) in [6.45, 7) is 1.59. The molecule has 1 aliphatic rings. The van der Waals surface area contributed by atoms with Crippen LogP contribution >= 0.6 is 27.5 Å². The number of carbonyl (C=O) groups excluding carboxylic acids is 1. The summed E-state index contributed by atoms with van der Waals surface area (Å²) in [7, 11) is 0. The number of hydrogen-bond acceptors (Lipinski definition) is 1. The van der Waals surface area contributed by atoms with Gasteiger partial charge in [0.05, 0.1) is 10.6 Å². The fraction of sp³-hybridized carbons (Fsp3) is 0.417. The van der Waals surface area contributed by atoms with E-state index in [1.165, 1.54) is 0 Å².